The van der Waals surface area contributed by atoms with Gasteiger partial charge < -0.3 is 14.6 Å². The number of halogens is 1. The van der Waals surface area contributed by atoms with E-state index in [0.717, 1.165) is 37.2 Å². The van der Waals surface area contributed by atoms with Crippen LogP contribution in [0.4, 0.5) is 6.01 Å². The lowest BCUT2D eigenvalue weighted by Gasteiger charge is -2.16. The van der Waals surface area contributed by atoms with Crippen LogP contribution in [0.25, 0.3) is 11.1 Å². The summed E-state index contributed by atoms with van der Waals surface area (Å²) >= 11 is 5.95. The van der Waals surface area contributed by atoms with Crippen LogP contribution in [0.5, 0.6) is 0 Å². The quantitative estimate of drug-likeness (QED) is 0.811. The summed E-state index contributed by atoms with van der Waals surface area (Å²) < 4.78 is 5.76. The summed E-state index contributed by atoms with van der Waals surface area (Å²) in [7, 11) is 0. The van der Waals surface area contributed by atoms with Gasteiger partial charge in [-0.1, -0.05) is 17.5 Å². The predicted octanol–water partition coefficient (Wildman–Crippen LogP) is 2.28. The summed E-state index contributed by atoms with van der Waals surface area (Å²) in [6.45, 7) is 2.50. The Balaban J connectivity index is 1.85. The van der Waals surface area contributed by atoms with Gasteiger partial charge >= 0.3 is 0 Å². The van der Waals surface area contributed by atoms with E-state index in [2.05, 4.69) is 21.1 Å². The zero-order valence-electron chi connectivity index (χ0n) is 10.4. The number of aromatic nitrogens is 1. The van der Waals surface area contributed by atoms with Gasteiger partial charge in [0.25, 0.3) is 6.01 Å². The summed E-state index contributed by atoms with van der Waals surface area (Å²) in [4.78, 5) is 6.59. The molecule has 1 aliphatic heterocycles. The molecule has 1 atom stereocenters. The molecule has 1 aromatic carbocycles. The van der Waals surface area contributed by atoms with E-state index in [1.807, 2.05) is 12.1 Å². The van der Waals surface area contributed by atoms with Crippen LogP contribution in [0.1, 0.15) is 6.42 Å². The van der Waals surface area contributed by atoms with Gasteiger partial charge in [-0.15, -0.1) is 6.42 Å². The van der Waals surface area contributed by atoms with Crippen LogP contribution in [0.15, 0.2) is 22.6 Å². The first-order valence-electron chi connectivity index (χ1n) is 6.27. The van der Waals surface area contributed by atoms with Crippen molar-refractivity contribution < 1.29 is 4.42 Å². The standard InChI is InChI=1S/C14H14ClN3O/c1-2-11-5-7-18(8-6-16-11)14-17-12-9-10(15)3-4-13(12)19-14/h1,3-4,9,11,16H,5-8H2. The second-order valence-corrected chi connectivity index (χ2v) is 4.99. The molecule has 0 saturated carbocycles. The molecule has 1 fully saturated rings. The number of benzene rings is 1. The zero-order chi connectivity index (χ0) is 13.2. The fourth-order valence-corrected chi connectivity index (χ4v) is 2.40. The molecule has 5 heteroatoms. The first-order valence-corrected chi connectivity index (χ1v) is 6.64. The lowest BCUT2D eigenvalue weighted by Crippen LogP contribution is -2.29. The average Bonchev–Trinajstić information content (AvgIpc) is 2.68. The molecule has 19 heavy (non-hydrogen) atoms. The molecule has 1 saturated heterocycles. The van der Waals surface area contributed by atoms with Crippen molar-refractivity contribution in [3.8, 4) is 12.3 Å². The minimum Gasteiger partial charge on any atom is -0.423 e. The first-order chi connectivity index (χ1) is 9.26. The Bertz CT molecular complexity index is 631. The molecule has 2 aromatic rings. The third kappa shape index (κ3) is 2.53. The Labute approximate surface area is 116 Å². The molecule has 0 radical (unpaired) electrons. The van der Waals surface area contributed by atoms with E-state index in [0.29, 0.717) is 11.0 Å². The van der Waals surface area contributed by atoms with Crippen LogP contribution in [0, 0.1) is 12.3 Å². The topological polar surface area (TPSA) is 41.3 Å². The summed E-state index contributed by atoms with van der Waals surface area (Å²) in [5, 5.41) is 3.97. The lowest BCUT2D eigenvalue weighted by atomic mass is 10.2. The van der Waals surface area contributed by atoms with Crippen LogP contribution >= 0.6 is 11.6 Å². The van der Waals surface area contributed by atoms with E-state index in [-0.39, 0.29) is 6.04 Å². The van der Waals surface area contributed by atoms with Gasteiger partial charge in [-0.05, 0) is 24.6 Å². The number of oxazole rings is 1. The van der Waals surface area contributed by atoms with E-state index >= 15 is 0 Å². The van der Waals surface area contributed by atoms with Gasteiger partial charge in [0, 0.05) is 24.7 Å². The third-order valence-corrected chi connectivity index (χ3v) is 3.51. The van der Waals surface area contributed by atoms with Crippen molar-refractivity contribution in [2.75, 3.05) is 24.5 Å². The fraction of sp³-hybridized carbons (Fsp3) is 0.357. The number of hydrogen-bond donors (Lipinski definition) is 1. The maximum atomic E-state index is 5.95. The van der Waals surface area contributed by atoms with Crippen molar-refractivity contribution in [3.05, 3.63) is 23.2 Å². The highest BCUT2D eigenvalue weighted by molar-refractivity contribution is 6.31. The minimum atomic E-state index is 0.129. The highest BCUT2D eigenvalue weighted by atomic mass is 35.5. The van der Waals surface area contributed by atoms with Gasteiger partial charge in [0.05, 0.1) is 6.04 Å². The van der Waals surface area contributed by atoms with Crippen LogP contribution in [0.2, 0.25) is 5.02 Å². The largest absolute Gasteiger partial charge is 0.423 e. The van der Waals surface area contributed by atoms with E-state index < -0.39 is 0 Å². The van der Waals surface area contributed by atoms with Crippen molar-refractivity contribution in [2.24, 2.45) is 0 Å². The first kappa shape index (κ1) is 12.3. The van der Waals surface area contributed by atoms with Gasteiger partial charge in [-0.25, -0.2) is 0 Å². The Morgan fingerprint density at radius 1 is 1.47 bits per heavy atom. The smallest absolute Gasteiger partial charge is 0.298 e. The number of nitrogens with zero attached hydrogens (tertiary/aromatic N) is 2. The maximum absolute atomic E-state index is 5.95. The summed E-state index contributed by atoms with van der Waals surface area (Å²) in [6, 6.07) is 6.22. The Morgan fingerprint density at radius 2 is 2.37 bits per heavy atom. The van der Waals surface area contributed by atoms with E-state index in [1.165, 1.54) is 0 Å². The molecule has 4 nitrogen and oxygen atoms in total. The van der Waals surface area contributed by atoms with Gasteiger partial charge in [0.15, 0.2) is 5.58 Å². The number of anilines is 1. The van der Waals surface area contributed by atoms with Crippen LogP contribution in [-0.2, 0) is 0 Å². The number of hydrogen-bond acceptors (Lipinski definition) is 4. The highest BCUT2D eigenvalue weighted by Crippen LogP contribution is 2.25. The average molecular weight is 276 g/mol. The van der Waals surface area contributed by atoms with Crippen molar-refractivity contribution >= 4 is 28.7 Å². The monoisotopic (exact) mass is 275 g/mol. The number of terminal acetylenes is 1. The molecule has 0 spiro atoms. The Kier molecular flexibility index (Phi) is 3.33. The molecular formula is C14H14ClN3O. The van der Waals surface area contributed by atoms with Crippen molar-refractivity contribution in [3.63, 3.8) is 0 Å². The number of rotatable bonds is 1. The fourth-order valence-electron chi connectivity index (χ4n) is 2.23. The molecular weight excluding hydrogens is 262 g/mol. The Hall–Kier alpha value is -1.70. The minimum absolute atomic E-state index is 0.129. The molecule has 0 amide bonds. The van der Waals surface area contributed by atoms with Crippen LogP contribution in [-0.4, -0.2) is 30.7 Å². The van der Waals surface area contributed by atoms with Gasteiger partial charge in [-0.3, -0.25) is 0 Å². The summed E-state index contributed by atoms with van der Waals surface area (Å²) in [5.41, 5.74) is 1.54. The number of fused-ring (bicyclic) bond motifs is 1. The second kappa shape index (κ2) is 5.12. The molecule has 0 aliphatic carbocycles. The van der Waals surface area contributed by atoms with E-state index in [1.54, 1.807) is 6.07 Å². The number of nitrogens with one attached hydrogen (secondary N) is 1. The van der Waals surface area contributed by atoms with Gasteiger partial charge in [0.2, 0.25) is 0 Å². The maximum Gasteiger partial charge on any atom is 0.298 e. The molecule has 3 rings (SSSR count). The van der Waals surface area contributed by atoms with Gasteiger partial charge in [-0.2, -0.15) is 4.98 Å². The molecule has 1 unspecified atom stereocenters. The molecule has 1 aromatic heterocycles. The molecule has 1 N–H and O–H groups in total. The van der Waals surface area contributed by atoms with E-state index in [9.17, 15) is 0 Å². The molecule has 0 bridgehead atoms. The highest BCUT2D eigenvalue weighted by Gasteiger charge is 2.19. The normalized spacial score (nSPS) is 20.2. The Morgan fingerprint density at radius 3 is 3.21 bits per heavy atom. The van der Waals surface area contributed by atoms with Crippen molar-refractivity contribution in [2.45, 2.75) is 12.5 Å². The summed E-state index contributed by atoms with van der Waals surface area (Å²) in [6.07, 6.45) is 6.33. The SMILES string of the molecule is C#CC1CCN(c2nc3cc(Cl)ccc3o2)CCN1. The lowest BCUT2D eigenvalue weighted by molar-refractivity contribution is 0.570. The van der Waals surface area contributed by atoms with Crippen LogP contribution < -0.4 is 10.2 Å². The predicted molar refractivity (Wildman–Crippen MR) is 76.5 cm³/mol. The zero-order valence-corrected chi connectivity index (χ0v) is 11.2. The van der Waals surface area contributed by atoms with Crippen molar-refractivity contribution in [1.82, 2.24) is 10.3 Å². The molecule has 1 aliphatic rings. The van der Waals surface area contributed by atoms with Crippen molar-refractivity contribution in [1.29, 1.82) is 0 Å². The molecule has 98 valence electrons. The van der Waals surface area contributed by atoms with Gasteiger partial charge in [0.1, 0.15) is 5.52 Å². The summed E-state index contributed by atoms with van der Waals surface area (Å²) in [5.74, 6) is 2.74. The van der Waals surface area contributed by atoms with Crippen LogP contribution in [0.3, 0.4) is 0 Å². The molecule has 2 heterocycles. The second-order valence-electron chi connectivity index (χ2n) is 4.56. The van der Waals surface area contributed by atoms with E-state index in [4.69, 9.17) is 22.4 Å². The third-order valence-electron chi connectivity index (χ3n) is 3.27.